The quantitative estimate of drug-likeness (QED) is 0.405. The zero-order valence-electron chi connectivity index (χ0n) is 15.6. The van der Waals surface area contributed by atoms with Crippen molar-refractivity contribution in [3.63, 3.8) is 0 Å². The van der Waals surface area contributed by atoms with Crippen molar-refractivity contribution < 1.29 is 4.79 Å². The van der Waals surface area contributed by atoms with E-state index in [4.69, 9.17) is 0 Å². The fourth-order valence-corrected chi connectivity index (χ4v) is 2.84. The fraction of sp³-hybridized carbons (Fsp3) is 0.750. The standard InChI is InChI=1S/C16H29N7OS/c1-5-13-20-14-7-6-12(11-23(14)21-13)19-16(17-8-9-25-4)18-10-15(24)22(2)3/h12H,5-11H2,1-4H3,(H2,17,18,19). The molecule has 0 radical (unpaired) electrons. The van der Waals surface area contributed by atoms with Crippen LogP contribution in [-0.2, 0) is 24.2 Å². The molecule has 1 atom stereocenters. The van der Waals surface area contributed by atoms with Gasteiger partial charge >= 0.3 is 0 Å². The van der Waals surface area contributed by atoms with E-state index in [-0.39, 0.29) is 18.5 Å². The van der Waals surface area contributed by atoms with E-state index < -0.39 is 0 Å². The second-order valence-corrected chi connectivity index (χ2v) is 7.22. The first-order valence-corrected chi connectivity index (χ1v) is 10.1. The van der Waals surface area contributed by atoms with E-state index >= 15 is 0 Å². The largest absolute Gasteiger partial charge is 0.356 e. The molecule has 1 amide bonds. The summed E-state index contributed by atoms with van der Waals surface area (Å²) in [6.07, 6.45) is 4.81. The first-order valence-electron chi connectivity index (χ1n) is 8.70. The van der Waals surface area contributed by atoms with Gasteiger partial charge in [-0.3, -0.25) is 4.79 Å². The molecule has 0 saturated carbocycles. The van der Waals surface area contributed by atoms with Crippen molar-refractivity contribution in [2.24, 2.45) is 4.99 Å². The highest BCUT2D eigenvalue weighted by Crippen LogP contribution is 2.13. The van der Waals surface area contributed by atoms with Gasteiger partial charge in [0.05, 0.1) is 6.54 Å². The molecule has 0 spiro atoms. The lowest BCUT2D eigenvalue weighted by atomic mass is 10.1. The molecule has 0 bridgehead atoms. The fourth-order valence-electron chi connectivity index (χ4n) is 2.53. The summed E-state index contributed by atoms with van der Waals surface area (Å²) in [4.78, 5) is 22.3. The van der Waals surface area contributed by atoms with Crippen LogP contribution in [0.3, 0.4) is 0 Å². The van der Waals surface area contributed by atoms with E-state index in [1.54, 1.807) is 30.8 Å². The van der Waals surface area contributed by atoms with Gasteiger partial charge in [-0.25, -0.2) is 14.7 Å². The van der Waals surface area contributed by atoms with Crippen molar-refractivity contribution >= 4 is 23.6 Å². The molecular formula is C16H29N7OS. The Morgan fingerprint density at radius 3 is 2.96 bits per heavy atom. The van der Waals surface area contributed by atoms with Gasteiger partial charge in [-0.05, 0) is 12.7 Å². The molecular weight excluding hydrogens is 338 g/mol. The third-order valence-corrected chi connectivity index (χ3v) is 4.64. The third kappa shape index (κ3) is 5.91. The Kier molecular flexibility index (Phi) is 7.54. The highest BCUT2D eigenvalue weighted by Gasteiger charge is 2.22. The number of rotatable bonds is 7. The van der Waals surface area contributed by atoms with Crippen LogP contribution < -0.4 is 10.6 Å². The number of carbonyl (C=O) groups excluding carboxylic acids is 1. The Hall–Kier alpha value is -1.77. The van der Waals surface area contributed by atoms with Crippen LogP contribution in [0.4, 0.5) is 0 Å². The van der Waals surface area contributed by atoms with Gasteiger partial charge in [0.15, 0.2) is 11.8 Å². The number of carbonyl (C=O) groups is 1. The highest BCUT2D eigenvalue weighted by atomic mass is 32.2. The predicted molar refractivity (Wildman–Crippen MR) is 102 cm³/mol. The van der Waals surface area contributed by atoms with E-state index in [1.807, 2.05) is 4.68 Å². The SMILES string of the molecule is CCc1nc2n(n1)CC(NC(=NCC(=O)N(C)C)NCCSC)CC2. The minimum absolute atomic E-state index is 0.0132. The molecule has 2 rings (SSSR count). The Balaban J connectivity index is 1.97. The average Bonchev–Trinajstić information content (AvgIpc) is 3.01. The Labute approximate surface area is 153 Å². The number of nitrogens with one attached hydrogen (secondary N) is 2. The van der Waals surface area contributed by atoms with Gasteiger partial charge in [0.25, 0.3) is 0 Å². The molecule has 0 aromatic carbocycles. The van der Waals surface area contributed by atoms with Gasteiger partial charge < -0.3 is 15.5 Å². The lowest BCUT2D eigenvalue weighted by molar-refractivity contribution is -0.127. The summed E-state index contributed by atoms with van der Waals surface area (Å²) in [6.45, 7) is 3.79. The normalized spacial score (nSPS) is 17.1. The van der Waals surface area contributed by atoms with Gasteiger partial charge in [0.2, 0.25) is 5.91 Å². The molecule has 0 saturated heterocycles. The van der Waals surface area contributed by atoms with Crippen molar-refractivity contribution in [3.05, 3.63) is 11.6 Å². The van der Waals surface area contributed by atoms with E-state index in [1.165, 1.54) is 0 Å². The monoisotopic (exact) mass is 367 g/mol. The molecule has 2 heterocycles. The molecule has 9 heteroatoms. The van der Waals surface area contributed by atoms with Crippen LogP contribution in [0, 0.1) is 0 Å². The van der Waals surface area contributed by atoms with Gasteiger partial charge in [-0.15, -0.1) is 0 Å². The summed E-state index contributed by atoms with van der Waals surface area (Å²) in [5.74, 6) is 3.63. The highest BCUT2D eigenvalue weighted by molar-refractivity contribution is 7.98. The molecule has 1 aromatic heterocycles. The summed E-state index contributed by atoms with van der Waals surface area (Å²) < 4.78 is 1.99. The topological polar surface area (TPSA) is 87.4 Å². The molecule has 1 aromatic rings. The van der Waals surface area contributed by atoms with Crippen LogP contribution in [-0.4, -0.2) is 76.8 Å². The number of aromatic nitrogens is 3. The van der Waals surface area contributed by atoms with Crippen molar-refractivity contribution in [1.29, 1.82) is 0 Å². The molecule has 0 fully saturated rings. The van der Waals surface area contributed by atoms with Gasteiger partial charge in [0, 0.05) is 45.3 Å². The molecule has 2 N–H and O–H groups in total. The summed E-state index contributed by atoms with van der Waals surface area (Å²) in [5, 5.41) is 11.3. The maximum atomic E-state index is 11.8. The number of amides is 1. The number of fused-ring (bicyclic) bond motifs is 1. The van der Waals surface area contributed by atoms with Crippen LogP contribution in [0.25, 0.3) is 0 Å². The Bertz CT molecular complexity index is 599. The lowest BCUT2D eigenvalue weighted by Crippen LogP contribution is -2.48. The van der Waals surface area contributed by atoms with Gasteiger partial charge in [-0.1, -0.05) is 6.92 Å². The first-order chi connectivity index (χ1) is 12.0. The zero-order valence-corrected chi connectivity index (χ0v) is 16.4. The Morgan fingerprint density at radius 2 is 2.28 bits per heavy atom. The minimum Gasteiger partial charge on any atom is -0.356 e. The van der Waals surface area contributed by atoms with Crippen LogP contribution >= 0.6 is 11.8 Å². The number of nitrogens with zero attached hydrogens (tertiary/aromatic N) is 5. The number of thioether (sulfide) groups is 1. The third-order valence-electron chi connectivity index (χ3n) is 4.03. The average molecular weight is 368 g/mol. The van der Waals surface area contributed by atoms with Crippen LogP contribution in [0.2, 0.25) is 0 Å². The number of aliphatic imine (C=N–C) groups is 1. The molecule has 1 aliphatic rings. The number of guanidine groups is 1. The van der Waals surface area contributed by atoms with Crippen molar-refractivity contribution in [2.45, 2.75) is 38.8 Å². The van der Waals surface area contributed by atoms with Gasteiger partial charge in [-0.2, -0.15) is 16.9 Å². The maximum absolute atomic E-state index is 11.8. The maximum Gasteiger partial charge on any atom is 0.243 e. The first kappa shape index (κ1) is 19.6. The zero-order chi connectivity index (χ0) is 18.2. The van der Waals surface area contributed by atoms with Crippen LogP contribution in [0.15, 0.2) is 4.99 Å². The number of hydrogen-bond acceptors (Lipinski definition) is 5. The van der Waals surface area contributed by atoms with E-state index in [0.29, 0.717) is 5.96 Å². The lowest BCUT2D eigenvalue weighted by Gasteiger charge is -2.25. The second kappa shape index (κ2) is 9.65. The van der Waals surface area contributed by atoms with Crippen molar-refractivity contribution in [3.8, 4) is 0 Å². The number of hydrogen-bond donors (Lipinski definition) is 2. The van der Waals surface area contributed by atoms with Crippen molar-refractivity contribution in [1.82, 2.24) is 30.3 Å². The predicted octanol–water partition coefficient (Wildman–Crippen LogP) is 0.142. The van der Waals surface area contributed by atoms with Crippen LogP contribution in [0.5, 0.6) is 0 Å². The van der Waals surface area contributed by atoms with E-state index in [9.17, 15) is 4.79 Å². The molecule has 0 aliphatic carbocycles. The molecule has 25 heavy (non-hydrogen) atoms. The summed E-state index contributed by atoms with van der Waals surface area (Å²) in [5.41, 5.74) is 0. The molecule has 8 nitrogen and oxygen atoms in total. The molecule has 1 unspecified atom stereocenters. The van der Waals surface area contributed by atoms with E-state index in [0.717, 1.165) is 49.8 Å². The number of aryl methyl sites for hydroxylation is 2. The van der Waals surface area contributed by atoms with Crippen molar-refractivity contribution in [2.75, 3.05) is 39.2 Å². The summed E-state index contributed by atoms with van der Waals surface area (Å²) in [6, 6.07) is 0.230. The molecule has 140 valence electrons. The van der Waals surface area contributed by atoms with Crippen LogP contribution in [0.1, 0.15) is 25.0 Å². The minimum atomic E-state index is -0.0132. The smallest absolute Gasteiger partial charge is 0.243 e. The second-order valence-electron chi connectivity index (χ2n) is 6.23. The molecule has 1 aliphatic heterocycles. The Morgan fingerprint density at radius 1 is 1.48 bits per heavy atom. The van der Waals surface area contributed by atoms with E-state index in [2.05, 4.69) is 38.9 Å². The summed E-state index contributed by atoms with van der Waals surface area (Å²) in [7, 11) is 3.48. The number of likely N-dealkylation sites (N-methyl/N-ethyl adjacent to an activating group) is 1. The van der Waals surface area contributed by atoms with Gasteiger partial charge in [0.1, 0.15) is 12.4 Å². The summed E-state index contributed by atoms with van der Waals surface area (Å²) >= 11 is 1.77.